The van der Waals surface area contributed by atoms with Gasteiger partial charge in [-0.05, 0) is 25.0 Å². The maximum atomic E-state index is 11.6. The molecule has 2 aromatic rings. The van der Waals surface area contributed by atoms with Crippen molar-refractivity contribution in [1.29, 1.82) is 0 Å². The van der Waals surface area contributed by atoms with Gasteiger partial charge in [-0.1, -0.05) is 26.0 Å². The van der Waals surface area contributed by atoms with Crippen LogP contribution in [0.3, 0.4) is 0 Å². The van der Waals surface area contributed by atoms with Gasteiger partial charge in [0, 0.05) is 6.42 Å². The maximum absolute atomic E-state index is 11.6. The summed E-state index contributed by atoms with van der Waals surface area (Å²) in [5.41, 5.74) is 0.722. The van der Waals surface area contributed by atoms with Crippen molar-refractivity contribution in [1.82, 2.24) is 19.5 Å². The molecule has 1 atom stereocenters. The maximum Gasteiger partial charge on any atom is 0.209 e. The van der Waals surface area contributed by atoms with Crippen molar-refractivity contribution in [2.75, 3.05) is 13.4 Å². The lowest BCUT2D eigenvalue weighted by Crippen LogP contribution is -2.27. The number of para-hydroxylation sites is 2. The van der Waals surface area contributed by atoms with E-state index in [2.05, 4.69) is 28.7 Å². The smallest absolute Gasteiger partial charge is 0.209 e. The lowest BCUT2D eigenvalue weighted by molar-refractivity contribution is 0.410. The average Bonchev–Trinajstić information content (AvgIpc) is 2.88. The first-order valence-electron chi connectivity index (χ1n) is 7.77. The first-order chi connectivity index (χ1) is 11.2. The number of sulfonamides is 1. The summed E-state index contributed by atoms with van der Waals surface area (Å²) in [5.74, 6) is 2.24. The molecule has 0 aliphatic heterocycles. The van der Waals surface area contributed by atoms with E-state index in [0.29, 0.717) is 29.7 Å². The van der Waals surface area contributed by atoms with E-state index in [1.807, 2.05) is 24.3 Å². The molecular formula is C16H24N4O3S. The Labute approximate surface area is 143 Å². The number of aromatic nitrogens is 3. The van der Waals surface area contributed by atoms with Crippen LogP contribution in [0.1, 0.15) is 38.5 Å². The Morgan fingerprint density at radius 3 is 2.50 bits per heavy atom. The van der Waals surface area contributed by atoms with Crippen molar-refractivity contribution in [3.05, 3.63) is 35.9 Å². The first kappa shape index (κ1) is 18.4. The van der Waals surface area contributed by atoms with E-state index in [9.17, 15) is 8.42 Å². The van der Waals surface area contributed by atoms with Gasteiger partial charge in [-0.15, -0.1) is 0 Å². The Morgan fingerprint density at radius 2 is 1.92 bits per heavy atom. The zero-order valence-corrected chi connectivity index (χ0v) is 15.5. The molecule has 0 bridgehead atoms. The minimum atomic E-state index is -3.36. The number of nitrogens with one attached hydrogen (secondary N) is 1. The Balaban J connectivity index is 2.53. The Kier molecular flexibility index (Phi) is 5.61. The Morgan fingerprint density at radius 1 is 1.25 bits per heavy atom. The molecule has 132 valence electrons. The highest BCUT2D eigenvalue weighted by Gasteiger charge is 2.22. The monoisotopic (exact) mass is 352 g/mol. The fourth-order valence-electron chi connectivity index (χ4n) is 2.46. The van der Waals surface area contributed by atoms with Crippen molar-refractivity contribution in [2.24, 2.45) is 5.92 Å². The van der Waals surface area contributed by atoms with Gasteiger partial charge in [-0.3, -0.25) is 0 Å². The van der Waals surface area contributed by atoms with Crippen LogP contribution in [0, 0.1) is 5.92 Å². The SMILES string of the molecule is COc1ccccc1-n1nc(CC(C)C)nc1C(C)NS(C)(=O)=O. The van der Waals surface area contributed by atoms with Crippen molar-refractivity contribution < 1.29 is 13.2 Å². The van der Waals surface area contributed by atoms with Gasteiger partial charge in [-0.2, -0.15) is 5.10 Å². The van der Waals surface area contributed by atoms with Gasteiger partial charge < -0.3 is 4.74 Å². The van der Waals surface area contributed by atoms with Gasteiger partial charge in [0.2, 0.25) is 10.0 Å². The molecule has 1 aromatic carbocycles. The highest BCUT2D eigenvalue weighted by molar-refractivity contribution is 7.88. The van der Waals surface area contributed by atoms with E-state index in [1.165, 1.54) is 0 Å². The number of benzene rings is 1. The molecule has 1 aromatic heterocycles. The van der Waals surface area contributed by atoms with E-state index >= 15 is 0 Å². The summed E-state index contributed by atoms with van der Waals surface area (Å²) in [7, 11) is -1.78. The zero-order chi connectivity index (χ0) is 17.9. The average molecular weight is 352 g/mol. The highest BCUT2D eigenvalue weighted by atomic mass is 32.2. The molecule has 0 aliphatic carbocycles. The third-order valence-corrected chi connectivity index (χ3v) is 4.14. The fraction of sp³-hybridized carbons (Fsp3) is 0.500. The molecule has 8 heteroatoms. The van der Waals surface area contributed by atoms with Crippen molar-refractivity contribution in [3.8, 4) is 11.4 Å². The van der Waals surface area contributed by atoms with Gasteiger partial charge in [0.15, 0.2) is 11.6 Å². The summed E-state index contributed by atoms with van der Waals surface area (Å²) in [6, 6.07) is 6.92. The van der Waals surface area contributed by atoms with Crippen molar-refractivity contribution >= 4 is 10.0 Å². The predicted octanol–water partition coefficient (Wildman–Crippen LogP) is 2.08. The van der Waals surface area contributed by atoms with E-state index in [-0.39, 0.29) is 0 Å². The van der Waals surface area contributed by atoms with Gasteiger partial charge >= 0.3 is 0 Å². The molecule has 0 radical (unpaired) electrons. The number of hydrogen-bond donors (Lipinski definition) is 1. The molecule has 0 amide bonds. The minimum absolute atomic E-state index is 0.393. The number of methoxy groups -OCH3 is 1. The third-order valence-electron chi connectivity index (χ3n) is 3.36. The summed E-state index contributed by atoms with van der Waals surface area (Å²) < 4.78 is 32.8. The van der Waals surface area contributed by atoms with Crippen LogP contribution in [-0.4, -0.2) is 36.5 Å². The summed E-state index contributed by atoms with van der Waals surface area (Å²) in [4.78, 5) is 4.56. The lowest BCUT2D eigenvalue weighted by atomic mass is 10.1. The molecule has 0 saturated carbocycles. The summed E-state index contributed by atoms with van der Waals surface area (Å²) >= 11 is 0. The number of rotatable bonds is 7. The van der Waals surface area contributed by atoms with Crippen LogP contribution in [0.2, 0.25) is 0 Å². The molecule has 0 saturated heterocycles. The van der Waals surface area contributed by atoms with Gasteiger partial charge in [0.25, 0.3) is 0 Å². The minimum Gasteiger partial charge on any atom is -0.494 e. The molecule has 0 aliphatic rings. The summed E-state index contributed by atoms with van der Waals surface area (Å²) in [5, 5.41) is 4.57. The lowest BCUT2D eigenvalue weighted by Gasteiger charge is -2.14. The zero-order valence-electron chi connectivity index (χ0n) is 14.6. The second-order valence-corrected chi connectivity index (χ2v) is 7.96. The summed E-state index contributed by atoms with van der Waals surface area (Å²) in [6.07, 6.45) is 1.84. The van der Waals surface area contributed by atoms with E-state index in [1.54, 1.807) is 18.7 Å². The molecule has 2 rings (SSSR count). The van der Waals surface area contributed by atoms with Crippen LogP contribution < -0.4 is 9.46 Å². The molecule has 24 heavy (non-hydrogen) atoms. The van der Waals surface area contributed by atoms with Gasteiger partial charge in [-0.25, -0.2) is 22.8 Å². The molecule has 7 nitrogen and oxygen atoms in total. The largest absolute Gasteiger partial charge is 0.494 e. The van der Waals surface area contributed by atoms with Crippen LogP contribution in [0.25, 0.3) is 5.69 Å². The fourth-order valence-corrected chi connectivity index (χ4v) is 3.20. The van der Waals surface area contributed by atoms with Crippen molar-refractivity contribution in [2.45, 2.75) is 33.2 Å². The molecule has 0 spiro atoms. The first-order valence-corrected chi connectivity index (χ1v) is 9.67. The normalized spacial score (nSPS) is 13.2. The molecule has 1 unspecified atom stereocenters. The third kappa shape index (κ3) is 4.55. The number of ether oxygens (including phenoxy) is 1. The van der Waals surface area contributed by atoms with Gasteiger partial charge in [0.05, 0.1) is 19.4 Å². The number of hydrogen-bond acceptors (Lipinski definition) is 5. The number of nitrogens with zero attached hydrogens (tertiary/aromatic N) is 3. The summed E-state index contributed by atoms with van der Waals surface area (Å²) in [6.45, 7) is 5.92. The second-order valence-electron chi connectivity index (χ2n) is 6.18. The molecule has 0 fully saturated rings. The van der Waals surface area contributed by atoms with Gasteiger partial charge in [0.1, 0.15) is 11.4 Å². The Bertz CT molecular complexity index is 799. The Hall–Kier alpha value is -1.93. The topological polar surface area (TPSA) is 86.1 Å². The van der Waals surface area contributed by atoms with E-state index in [4.69, 9.17) is 4.74 Å². The van der Waals surface area contributed by atoms with Crippen LogP contribution in [0.4, 0.5) is 0 Å². The van der Waals surface area contributed by atoms with Crippen LogP contribution in [0.15, 0.2) is 24.3 Å². The van der Waals surface area contributed by atoms with E-state index < -0.39 is 16.1 Å². The van der Waals surface area contributed by atoms with Crippen LogP contribution in [-0.2, 0) is 16.4 Å². The highest BCUT2D eigenvalue weighted by Crippen LogP contribution is 2.25. The quantitative estimate of drug-likeness (QED) is 0.824. The second kappa shape index (κ2) is 7.31. The van der Waals surface area contributed by atoms with E-state index in [0.717, 1.165) is 11.9 Å². The standard InChI is InChI=1S/C16H24N4O3S/c1-11(2)10-15-17-16(12(3)19-24(5,21)22)20(18-15)13-8-6-7-9-14(13)23-4/h6-9,11-12,19H,10H2,1-5H3. The molecular weight excluding hydrogens is 328 g/mol. The van der Waals surface area contributed by atoms with Crippen molar-refractivity contribution in [3.63, 3.8) is 0 Å². The molecule has 1 N–H and O–H groups in total. The van der Waals surface area contributed by atoms with Crippen LogP contribution >= 0.6 is 0 Å². The molecule has 1 heterocycles. The van der Waals surface area contributed by atoms with Crippen LogP contribution in [0.5, 0.6) is 5.75 Å². The predicted molar refractivity (Wildman–Crippen MR) is 92.8 cm³/mol.